The molecule has 1 saturated carbocycles. The number of carbonyl (C=O) groups excluding carboxylic acids is 1. The van der Waals surface area contributed by atoms with Gasteiger partial charge in [-0.05, 0) is 31.0 Å². The number of rotatable bonds is 6. The number of benzene rings is 1. The number of nitrogens with one attached hydrogen (secondary N) is 1. The molecule has 0 spiro atoms. The van der Waals surface area contributed by atoms with Crippen molar-refractivity contribution in [3.63, 3.8) is 0 Å². The average Bonchev–Trinajstić information content (AvgIpc) is 2.84. The minimum absolute atomic E-state index is 0.0999. The van der Waals surface area contributed by atoms with Crippen LogP contribution in [0.5, 0.6) is 0 Å². The van der Waals surface area contributed by atoms with E-state index in [9.17, 15) is 17.6 Å². The topological polar surface area (TPSA) is 66.5 Å². The average molecular weight is 370 g/mol. The molecule has 1 aromatic carbocycles. The summed E-state index contributed by atoms with van der Waals surface area (Å²) in [5.74, 6) is -1.18. The Morgan fingerprint density at radius 3 is 2.32 bits per heavy atom. The number of carbonyl (C=O) groups is 1. The summed E-state index contributed by atoms with van der Waals surface area (Å²) in [5.41, 5.74) is 0.177. The molecule has 0 aliphatic heterocycles. The van der Waals surface area contributed by atoms with E-state index in [1.54, 1.807) is 13.8 Å². The molecule has 1 aliphatic carbocycles. The van der Waals surface area contributed by atoms with Crippen molar-refractivity contribution >= 4 is 15.9 Å². The summed E-state index contributed by atoms with van der Waals surface area (Å²) in [6.07, 6.45) is 6.37. The Morgan fingerprint density at radius 2 is 1.76 bits per heavy atom. The van der Waals surface area contributed by atoms with Crippen molar-refractivity contribution in [1.82, 2.24) is 9.62 Å². The van der Waals surface area contributed by atoms with Crippen LogP contribution in [0, 0.1) is 5.82 Å². The van der Waals surface area contributed by atoms with Gasteiger partial charge in [-0.3, -0.25) is 4.79 Å². The van der Waals surface area contributed by atoms with Crippen molar-refractivity contribution in [3.8, 4) is 0 Å². The molecule has 1 aromatic rings. The van der Waals surface area contributed by atoms with Gasteiger partial charge in [0.05, 0.1) is 0 Å². The predicted molar refractivity (Wildman–Crippen MR) is 95.5 cm³/mol. The quantitative estimate of drug-likeness (QED) is 0.781. The van der Waals surface area contributed by atoms with Crippen LogP contribution in [0.3, 0.4) is 0 Å². The van der Waals surface area contributed by atoms with E-state index in [-0.39, 0.29) is 30.6 Å². The van der Waals surface area contributed by atoms with E-state index in [0.29, 0.717) is 0 Å². The third-order valence-electron chi connectivity index (χ3n) is 4.71. The lowest BCUT2D eigenvalue weighted by molar-refractivity contribution is 0.0933. The molecule has 0 bridgehead atoms. The summed E-state index contributed by atoms with van der Waals surface area (Å²) < 4.78 is 40.5. The summed E-state index contributed by atoms with van der Waals surface area (Å²) in [7, 11) is -3.95. The third kappa shape index (κ3) is 4.79. The van der Waals surface area contributed by atoms with Gasteiger partial charge in [-0.25, -0.2) is 12.8 Å². The number of halogens is 1. The normalized spacial score (nSPS) is 16.6. The van der Waals surface area contributed by atoms with Crippen LogP contribution in [0.2, 0.25) is 0 Å². The molecule has 0 aromatic heterocycles. The van der Waals surface area contributed by atoms with E-state index >= 15 is 0 Å². The number of hydrogen-bond acceptors (Lipinski definition) is 3. The van der Waals surface area contributed by atoms with Crippen LogP contribution in [0.15, 0.2) is 23.1 Å². The van der Waals surface area contributed by atoms with Gasteiger partial charge < -0.3 is 5.32 Å². The second kappa shape index (κ2) is 8.76. The molecule has 7 heteroatoms. The molecular formula is C18H27FN2O3S. The second-order valence-electron chi connectivity index (χ2n) is 6.40. The third-order valence-corrected chi connectivity index (χ3v) is 6.77. The minimum atomic E-state index is -3.95. The Kier molecular flexibility index (Phi) is 6.95. The summed E-state index contributed by atoms with van der Waals surface area (Å²) >= 11 is 0. The lowest BCUT2D eigenvalue weighted by Gasteiger charge is -2.20. The van der Waals surface area contributed by atoms with Crippen molar-refractivity contribution < 1.29 is 17.6 Å². The Bertz CT molecular complexity index is 694. The highest BCUT2D eigenvalue weighted by atomic mass is 32.2. The molecule has 1 aliphatic rings. The van der Waals surface area contributed by atoms with Crippen molar-refractivity contribution in [1.29, 1.82) is 0 Å². The summed E-state index contributed by atoms with van der Waals surface area (Å²) in [5, 5.41) is 2.96. The highest BCUT2D eigenvalue weighted by molar-refractivity contribution is 7.89. The monoisotopic (exact) mass is 370 g/mol. The predicted octanol–water partition coefficient (Wildman–Crippen LogP) is 3.31. The lowest BCUT2D eigenvalue weighted by Crippen LogP contribution is -2.35. The van der Waals surface area contributed by atoms with Crippen molar-refractivity contribution in [2.45, 2.75) is 63.3 Å². The zero-order valence-corrected chi connectivity index (χ0v) is 15.7. The molecule has 0 atom stereocenters. The van der Waals surface area contributed by atoms with Crippen molar-refractivity contribution in [2.75, 3.05) is 13.1 Å². The summed E-state index contributed by atoms with van der Waals surface area (Å²) in [6.45, 7) is 3.89. The fraction of sp³-hybridized carbons (Fsp3) is 0.611. The van der Waals surface area contributed by atoms with E-state index in [1.807, 2.05) is 0 Å². The van der Waals surface area contributed by atoms with Gasteiger partial charge in [0.2, 0.25) is 10.0 Å². The molecule has 5 nitrogen and oxygen atoms in total. The highest BCUT2D eigenvalue weighted by Crippen LogP contribution is 2.22. The van der Waals surface area contributed by atoms with E-state index in [4.69, 9.17) is 0 Å². The fourth-order valence-corrected chi connectivity index (χ4v) is 4.79. The molecule has 1 fully saturated rings. The standard InChI is InChI=1S/C18H27FN2O3S/c1-3-21(4-2)25(23,24)17-13-14(11-12-16(17)19)18(22)20-15-9-7-5-6-8-10-15/h11-13,15H,3-10H2,1-2H3,(H,20,22). The van der Waals surface area contributed by atoms with Crippen LogP contribution in [0.4, 0.5) is 4.39 Å². The minimum Gasteiger partial charge on any atom is -0.349 e. The number of sulfonamides is 1. The Morgan fingerprint density at radius 1 is 1.16 bits per heavy atom. The fourth-order valence-electron chi connectivity index (χ4n) is 3.24. The van der Waals surface area contributed by atoms with Gasteiger partial charge in [0.15, 0.2) is 0 Å². The first kappa shape index (κ1) is 19.8. The largest absolute Gasteiger partial charge is 0.349 e. The van der Waals surface area contributed by atoms with Crippen LogP contribution in [0.1, 0.15) is 62.7 Å². The molecule has 2 rings (SSSR count). The van der Waals surface area contributed by atoms with Gasteiger partial charge in [-0.2, -0.15) is 4.31 Å². The van der Waals surface area contributed by atoms with Crippen LogP contribution in [-0.2, 0) is 10.0 Å². The van der Waals surface area contributed by atoms with E-state index < -0.39 is 20.7 Å². The van der Waals surface area contributed by atoms with Gasteiger partial charge in [-0.15, -0.1) is 0 Å². The highest BCUT2D eigenvalue weighted by Gasteiger charge is 2.26. The van der Waals surface area contributed by atoms with Gasteiger partial charge in [0.1, 0.15) is 10.7 Å². The van der Waals surface area contributed by atoms with Gasteiger partial charge in [0.25, 0.3) is 5.91 Å². The van der Waals surface area contributed by atoms with Gasteiger partial charge in [0, 0.05) is 24.7 Å². The first-order valence-electron chi connectivity index (χ1n) is 9.00. The van der Waals surface area contributed by atoms with Crippen LogP contribution < -0.4 is 5.32 Å². The number of nitrogens with zero attached hydrogens (tertiary/aromatic N) is 1. The van der Waals surface area contributed by atoms with Crippen LogP contribution in [-0.4, -0.2) is 37.8 Å². The van der Waals surface area contributed by atoms with Crippen LogP contribution >= 0.6 is 0 Å². The Labute approximate surface area is 149 Å². The van der Waals surface area contributed by atoms with E-state index in [0.717, 1.165) is 37.8 Å². The maximum atomic E-state index is 14.1. The zero-order valence-electron chi connectivity index (χ0n) is 14.9. The molecule has 0 heterocycles. The summed E-state index contributed by atoms with van der Waals surface area (Å²) in [4.78, 5) is 12.0. The summed E-state index contributed by atoms with van der Waals surface area (Å²) in [6, 6.07) is 3.64. The first-order chi connectivity index (χ1) is 11.9. The molecule has 0 radical (unpaired) electrons. The first-order valence-corrected chi connectivity index (χ1v) is 10.4. The van der Waals surface area contributed by atoms with E-state index in [2.05, 4.69) is 5.32 Å². The molecule has 0 saturated heterocycles. The second-order valence-corrected chi connectivity index (χ2v) is 8.30. The van der Waals surface area contributed by atoms with Crippen LogP contribution in [0.25, 0.3) is 0 Å². The maximum Gasteiger partial charge on any atom is 0.251 e. The number of amides is 1. The molecule has 0 unspecified atom stereocenters. The molecule has 1 amide bonds. The van der Waals surface area contributed by atoms with Crippen molar-refractivity contribution in [3.05, 3.63) is 29.6 Å². The number of hydrogen-bond donors (Lipinski definition) is 1. The zero-order chi connectivity index (χ0) is 18.4. The Hall–Kier alpha value is -1.47. The smallest absolute Gasteiger partial charge is 0.251 e. The molecular weight excluding hydrogens is 343 g/mol. The lowest BCUT2D eigenvalue weighted by atomic mass is 10.1. The Balaban J connectivity index is 2.24. The van der Waals surface area contributed by atoms with Gasteiger partial charge >= 0.3 is 0 Å². The van der Waals surface area contributed by atoms with E-state index in [1.165, 1.54) is 23.2 Å². The van der Waals surface area contributed by atoms with Crippen molar-refractivity contribution in [2.24, 2.45) is 0 Å². The van der Waals surface area contributed by atoms with Gasteiger partial charge in [-0.1, -0.05) is 39.5 Å². The molecule has 1 N–H and O–H groups in total. The molecule has 25 heavy (non-hydrogen) atoms. The maximum absolute atomic E-state index is 14.1. The SMILES string of the molecule is CCN(CC)S(=O)(=O)c1cc(C(=O)NC2CCCCCC2)ccc1F. The molecule has 140 valence electrons.